The van der Waals surface area contributed by atoms with Crippen LogP contribution in [0, 0.1) is 0 Å². The molecule has 1 heterocycles. The van der Waals surface area contributed by atoms with Crippen molar-refractivity contribution < 1.29 is 28.5 Å². The van der Waals surface area contributed by atoms with E-state index >= 15 is 0 Å². The van der Waals surface area contributed by atoms with Gasteiger partial charge in [-0.3, -0.25) is 4.79 Å². The average molecular weight is 386 g/mol. The maximum atomic E-state index is 12.4. The number of benzene rings is 2. The number of methoxy groups -OCH3 is 2. The van der Waals surface area contributed by atoms with E-state index in [1.165, 1.54) is 19.1 Å². The van der Waals surface area contributed by atoms with Crippen molar-refractivity contribution >= 4 is 17.6 Å². The summed E-state index contributed by atoms with van der Waals surface area (Å²) in [6.07, 6.45) is 0. The Hall–Kier alpha value is -3.26. The molecule has 8 nitrogen and oxygen atoms in total. The maximum Gasteiger partial charge on any atom is 0.338 e. The van der Waals surface area contributed by atoms with Gasteiger partial charge in [-0.1, -0.05) is 12.1 Å². The summed E-state index contributed by atoms with van der Waals surface area (Å²) in [7, 11) is 4.45. The first-order valence-electron chi connectivity index (χ1n) is 8.61. The number of amides is 1. The first-order chi connectivity index (χ1) is 13.4. The van der Waals surface area contributed by atoms with Crippen LogP contribution >= 0.6 is 0 Å². The Balaban J connectivity index is 2.10. The summed E-state index contributed by atoms with van der Waals surface area (Å²) in [4.78, 5) is 26.0. The van der Waals surface area contributed by atoms with Gasteiger partial charge in [0.25, 0.3) is 0 Å². The van der Waals surface area contributed by atoms with Crippen molar-refractivity contribution in [2.75, 3.05) is 33.0 Å². The molecule has 0 saturated carbocycles. The zero-order valence-corrected chi connectivity index (χ0v) is 16.1. The molecule has 1 aliphatic heterocycles. The summed E-state index contributed by atoms with van der Waals surface area (Å²) >= 11 is 0. The molecule has 1 aliphatic rings. The lowest BCUT2D eigenvalue weighted by Gasteiger charge is -2.20. The SMILES string of the molecule is COC(=O)c1cc2c(c(OC)c1-c1ccc(N(C)C(=O)[C@H](C)N)cc1)OCO2. The second-order valence-electron chi connectivity index (χ2n) is 6.29. The molecule has 0 spiro atoms. The molecule has 0 aromatic heterocycles. The fourth-order valence-corrected chi connectivity index (χ4v) is 3.05. The van der Waals surface area contributed by atoms with E-state index in [1.54, 1.807) is 44.3 Å². The quantitative estimate of drug-likeness (QED) is 0.786. The molecule has 0 aliphatic carbocycles. The lowest BCUT2D eigenvalue weighted by atomic mass is 9.97. The Kier molecular flexibility index (Phi) is 5.41. The van der Waals surface area contributed by atoms with Crippen molar-refractivity contribution in [2.45, 2.75) is 13.0 Å². The average Bonchev–Trinajstić information content (AvgIpc) is 3.19. The summed E-state index contributed by atoms with van der Waals surface area (Å²) < 4.78 is 21.4. The Labute approximate surface area is 162 Å². The van der Waals surface area contributed by atoms with E-state index in [4.69, 9.17) is 24.7 Å². The minimum absolute atomic E-state index is 0.0406. The predicted molar refractivity (Wildman–Crippen MR) is 103 cm³/mol. The molecular formula is C20H22N2O6. The van der Waals surface area contributed by atoms with Crippen molar-refractivity contribution in [3.63, 3.8) is 0 Å². The second-order valence-corrected chi connectivity index (χ2v) is 6.29. The summed E-state index contributed by atoms with van der Waals surface area (Å²) in [5.74, 6) is 0.491. The van der Waals surface area contributed by atoms with Gasteiger partial charge in [0.15, 0.2) is 11.5 Å². The number of anilines is 1. The molecule has 0 bridgehead atoms. The Morgan fingerprint density at radius 1 is 1.18 bits per heavy atom. The van der Waals surface area contributed by atoms with Gasteiger partial charge in [0.2, 0.25) is 18.4 Å². The fraction of sp³-hybridized carbons (Fsp3) is 0.300. The number of likely N-dealkylation sites (N-methyl/N-ethyl adjacent to an activating group) is 1. The van der Waals surface area contributed by atoms with E-state index < -0.39 is 12.0 Å². The van der Waals surface area contributed by atoms with Gasteiger partial charge in [0, 0.05) is 18.3 Å². The number of nitrogens with two attached hydrogens (primary N) is 1. The van der Waals surface area contributed by atoms with Crippen molar-refractivity contribution in [1.82, 2.24) is 0 Å². The monoisotopic (exact) mass is 386 g/mol. The maximum absolute atomic E-state index is 12.4. The molecule has 2 N–H and O–H groups in total. The summed E-state index contributed by atoms with van der Waals surface area (Å²) in [5, 5.41) is 0. The molecule has 28 heavy (non-hydrogen) atoms. The van der Waals surface area contributed by atoms with Gasteiger partial charge in [-0.15, -0.1) is 0 Å². The Bertz CT molecular complexity index is 908. The molecule has 2 aromatic rings. The first-order valence-corrected chi connectivity index (χ1v) is 8.61. The standard InChI is InChI=1S/C20H22N2O6/c1-11(21)19(23)22(2)13-7-5-12(6-8-13)16-14(20(24)26-4)9-15-17(18(16)25-3)28-10-27-15/h5-9,11H,10,21H2,1-4H3/t11-/m0/s1. The molecule has 8 heteroatoms. The number of rotatable bonds is 5. The predicted octanol–water partition coefficient (Wildman–Crippen LogP) is 2.19. The van der Waals surface area contributed by atoms with Crippen LogP contribution < -0.4 is 24.8 Å². The molecule has 1 amide bonds. The highest BCUT2D eigenvalue weighted by molar-refractivity contribution is 6.01. The number of nitrogens with zero attached hydrogens (tertiary/aromatic N) is 1. The van der Waals surface area contributed by atoms with Crippen LogP contribution in [-0.2, 0) is 9.53 Å². The Morgan fingerprint density at radius 2 is 1.86 bits per heavy atom. The van der Waals surface area contributed by atoms with Gasteiger partial charge >= 0.3 is 5.97 Å². The van der Waals surface area contributed by atoms with E-state index in [-0.39, 0.29) is 18.3 Å². The third kappa shape index (κ3) is 3.34. The smallest absolute Gasteiger partial charge is 0.338 e. The minimum atomic E-state index is -0.607. The van der Waals surface area contributed by atoms with Crippen LogP contribution in [0.5, 0.6) is 17.2 Å². The van der Waals surface area contributed by atoms with Crippen molar-refractivity contribution in [3.8, 4) is 28.4 Å². The molecule has 0 unspecified atom stereocenters. The van der Waals surface area contributed by atoms with E-state index in [1.807, 2.05) is 0 Å². The van der Waals surface area contributed by atoms with Gasteiger partial charge in [-0.05, 0) is 30.7 Å². The number of hydrogen-bond donors (Lipinski definition) is 1. The van der Waals surface area contributed by atoms with Gasteiger partial charge in [-0.25, -0.2) is 4.79 Å². The molecule has 3 rings (SSSR count). The van der Waals surface area contributed by atoms with Crippen LogP contribution in [0.1, 0.15) is 17.3 Å². The van der Waals surface area contributed by atoms with Crippen LogP contribution in [0.3, 0.4) is 0 Å². The number of carbonyl (C=O) groups is 2. The number of esters is 1. The van der Waals surface area contributed by atoms with Crippen LogP contribution in [0.2, 0.25) is 0 Å². The lowest BCUT2D eigenvalue weighted by molar-refractivity contribution is -0.119. The topological polar surface area (TPSA) is 100 Å². The Morgan fingerprint density at radius 3 is 2.43 bits per heavy atom. The highest BCUT2D eigenvalue weighted by Crippen LogP contribution is 2.49. The third-order valence-corrected chi connectivity index (χ3v) is 4.49. The summed E-state index contributed by atoms with van der Waals surface area (Å²) in [6.45, 7) is 1.67. The van der Waals surface area contributed by atoms with Crippen LogP contribution in [-0.4, -0.2) is 46.0 Å². The zero-order valence-electron chi connectivity index (χ0n) is 16.1. The van der Waals surface area contributed by atoms with Crippen LogP contribution in [0.25, 0.3) is 11.1 Å². The summed E-state index contributed by atoms with van der Waals surface area (Å²) in [6, 6.07) is 8.07. The zero-order chi connectivity index (χ0) is 20.4. The number of ether oxygens (including phenoxy) is 4. The van der Waals surface area contributed by atoms with Crippen LogP contribution in [0.15, 0.2) is 30.3 Å². The largest absolute Gasteiger partial charge is 0.492 e. The first kappa shape index (κ1) is 19.5. The van der Waals surface area contributed by atoms with Gasteiger partial charge < -0.3 is 29.6 Å². The van der Waals surface area contributed by atoms with Gasteiger partial charge in [-0.2, -0.15) is 0 Å². The van der Waals surface area contributed by atoms with E-state index in [2.05, 4.69) is 0 Å². The van der Waals surface area contributed by atoms with Crippen LogP contribution in [0.4, 0.5) is 5.69 Å². The van der Waals surface area contributed by atoms with E-state index in [0.717, 1.165) is 0 Å². The molecule has 148 valence electrons. The normalized spacial score (nSPS) is 13.0. The molecule has 0 saturated heterocycles. The summed E-state index contributed by atoms with van der Waals surface area (Å²) in [5.41, 5.74) is 7.84. The van der Waals surface area contributed by atoms with Crippen molar-refractivity contribution in [2.24, 2.45) is 5.73 Å². The van der Waals surface area contributed by atoms with E-state index in [0.29, 0.717) is 34.1 Å². The van der Waals surface area contributed by atoms with Crippen molar-refractivity contribution in [3.05, 3.63) is 35.9 Å². The molecule has 0 radical (unpaired) electrons. The highest BCUT2D eigenvalue weighted by atomic mass is 16.7. The lowest BCUT2D eigenvalue weighted by Crippen LogP contribution is -2.39. The molecule has 0 fully saturated rings. The van der Waals surface area contributed by atoms with E-state index in [9.17, 15) is 9.59 Å². The third-order valence-electron chi connectivity index (χ3n) is 4.49. The highest BCUT2D eigenvalue weighted by Gasteiger charge is 2.29. The van der Waals surface area contributed by atoms with Crippen molar-refractivity contribution in [1.29, 1.82) is 0 Å². The van der Waals surface area contributed by atoms with Gasteiger partial charge in [0.05, 0.1) is 25.8 Å². The second kappa shape index (κ2) is 7.77. The number of carbonyl (C=O) groups excluding carboxylic acids is 2. The molecule has 1 atom stereocenters. The fourth-order valence-electron chi connectivity index (χ4n) is 3.05. The van der Waals surface area contributed by atoms with Gasteiger partial charge in [0.1, 0.15) is 0 Å². The molecular weight excluding hydrogens is 364 g/mol. The number of hydrogen-bond acceptors (Lipinski definition) is 7. The minimum Gasteiger partial charge on any atom is -0.492 e. The number of fused-ring (bicyclic) bond motifs is 1. The molecule has 2 aromatic carbocycles.